The highest BCUT2D eigenvalue weighted by molar-refractivity contribution is 6.47. The van der Waals surface area contributed by atoms with Crippen molar-refractivity contribution >= 4 is 23.1 Å². The molecule has 3 aromatic carbocycles. The third-order valence-corrected chi connectivity index (χ3v) is 5.51. The first-order valence-corrected chi connectivity index (χ1v) is 10.9. The van der Waals surface area contributed by atoms with Crippen LogP contribution in [-0.2, 0) is 6.18 Å². The van der Waals surface area contributed by atoms with Crippen LogP contribution in [0.2, 0.25) is 0 Å². The Morgan fingerprint density at radius 1 is 1.05 bits per heavy atom. The fourth-order valence-electron chi connectivity index (χ4n) is 3.78. The molecule has 0 saturated heterocycles. The number of nitro groups is 1. The number of hydroxylamine groups is 1. The smallest absolute Gasteiger partial charge is 0.410 e. The minimum Gasteiger partial charge on any atom is -0.410 e. The van der Waals surface area contributed by atoms with Crippen LogP contribution in [0.3, 0.4) is 0 Å². The zero-order valence-electron chi connectivity index (χ0n) is 19.6. The molecule has 194 valence electrons. The van der Waals surface area contributed by atoms with Crippen molar-refractivity contribution in [2.24, 2.45) is 10.1 Å². The lowest BCUT2D eigenvalue weighted by Gasteiger charge is -2.12. The van der Waals surface area contributed by atoms with Crippen LogP contribution in [0.25, 0.3) is 16.8 Å². The van der Waals surface area contributed by atoms with Crippen molar-refractivity contribution < 1.29 is 28.5 Å². The van der Waals surface area contributed by atoms with Gasteiger partial charge in [0, 0.05) is 23.3 Å². The highest BCUT2D eigenvalue weighted by atomic mass is 19.4. The second-order valence-electron chi connectivity index (χ2n) is 7.93. The number of non-ortho nitro benzene ring substituents is 1. The third kappa shape index (κ3) is 5.22. The average Bonchev–Trinajstić information content (AvgIpc) is 3.24. The molecule has 4 rings (SSSR count). The van der Waals surface area contributed by atoms with Gasteiger partial charge in [0.2, 0.25) is 0 Å². The number of aromatic nitrogens is 2. The molecule has 0 spiro atoms. The van der Waals surface area contributed by atoms with Crippen LogP contribution in [-0.4, -0.2) is 36.7 Å². The predicted molar refractivity (Wildman–Crippen MR) is 132 cm³/mol. The van der Waals surface area contributed by atoms with Crippen molar-refractivity contribution in [3.8, 4) is 16.8 Å². The van der Waals surface area contributed by atoms with Gasteiger partial charge in [-0.1, -0.05) is 47.6 Å². The monoisotopic (exact) mass is 524 g/mol. The van der Waals surface area contributed by atoms with Gasteiger partial charge in [0.05, 0.1) is 21.9 Å². The number of amidine groups is 1. The van der Waals surface area contributed by atoms with Gasteiger partial charge in [-0.2, -0.15) is 18.3 Å². The lowest BCUT2D eigenvalue weighted by atomic mass is 10.0. The number of alkyl halides is 3. The molecule has 13 heteroatoms. The van der Waals surface area contributed by atoms with E-state index in [4.69, 9.17) is 0 Å². The maximum atomic E-state index is 13.5. The minimum absolute atomic E-state index is 0.0377. The third-order valence-electron chi connectivity index (χ3n) is 5.51. The van der Waals surface area contributed by atoms with Gasteiger partial charge in [-0.3, -0.25) is 20.8 Å². The molecule has 0 aliphatic heterocycles. The second kappa shape index (κ2) is 10.5. The molecule has 1 aromatic heterocycles. The summed E-state index contributed by atoms with van der Waals surface area (Å²) >= 11 is 0. The number of halogens is 3. The zero-order chi connectivity index (χ0) is 27.4. The summed E-state index contributed by atoms with van der Waals surface area (Å²) in [6.07, 6.45) is -4.61. The van der Waals surface area contributed by atoms with Crippen LogP contribution in [0.1, 0.15) is 16.8 Å². The van der Waals surface area contributed by atoms with Crippen molar-refractivity contribution in [3.05, 3.63) is 106 Å². The van der Waals surface area contributed by atoms with Crippen LogP contribution in [0.4, 0.5) is 24.7 Å². The van der Waals surface area contributed by atoms with E-state index in [0.29, 0.717) is 11.3 Å². The molecule has 0 unspecified atom stereocenters. The number of nitrogens with one attached hydrogen (secondary N) is 1. The lowest BCUT2D eigenvalue weighted by Crippen LogP contribution is -2.29. The molecule has 0 fully saturated rings. The molecule has 0 aliphatic rings. The molecule has 38 heavy (non-hydrogen) atoms. The van der Waals surface area contributed by atoms with E-state index >= 15 is 0 Å². The van der Waals surface area contributed by atoms with Crippen LogP contribution in [0.15, 0.2) is 89.0 Å². The summed E-state index contributed by atoms with van der Waals surface area (Å²) in [6.45, 7) is 1.56. The molecule has 0 radical (unpaired) electrons. The summed E-state index contributed by atoms with van der Waals surface area (Å²) in [4.78, 5) is 14.9. The van der Waals surface area contributed by atoms with E-state index in [1.807, 2.05) is 5.48 Å². The van der Waals surface area contributed by atoms with E-state index in [-0.39, 0.29) is 39.9 Å². The van der Waals surface area contributed by atoms with Crippen LogP contribution in [0.5, 0.6) is 0 Å². The zero-order valence-corrected chi connectivity index (χ0v) is 19.6. The highest BCUT2D eigenvalue weighted by Gasteiger charge is 2.31. The van der Waals surface area contributed by atoms with Gasteiger partial charge in [0.25, 0.3) is 5.69 Å². The van der Waals surface area contributed by atoms with Crippen molar-refractivity contribution in [2.45, 2.75) is 13.1 Å². The Balaban J connectivity index is 1.98. The summed E-state index contributed by atoms with van der Waals surface area (Å²) in [5.41, 5.74) is 1.89. The Morgan fingerprint density at radius 3 is 2.32 bits per heavy atom. The Hall–Kier alpha value is -5.04. The second-order valence-corrected chi connectivity index (χ2v) is 7.93. The summed E-state index contributed by atoms with van der Waals surface area (Å²) < 4.78 is 41.7. The summed E-state index contributed by atoms with van der Waals surface area (Å²) in [7, 11) is 0. The first-order valence-electron chi connectivity index (χ1n) is 10.9. The number of oxime groups is 1. The number of hydrogen-bond acceptors (Lipinski definition) is 7. The van der Waals surface area contributed by atoms with E-state index < -0.39 is 16.7 Å². The molecule has 0 saturated carbocycles. The number of aliphatic imine (C=N–C) groups is 1. The van der Waals surface area contributed by atoms with Gasteiger partial charge >= 0.3 is 6.18 Å². The van der Waals surface area contributed by atoms with Gasteiger partial charge in [-0.25, -0.2) is 9.67 Å². The number of rotatable bonds is 6. The number of benzene rings is 3. The maximum absolute atomic E-state index is 13.5. The number of aryl methyl sites for hydroxylation is 1. The normalized spacial score (nSPS) is 12.4. The van der Waals surface area contributed by atoms with Gasteiger partial charge in [-0.05, 0) is 36.8 Å². The van der Waals surface area contributed by atoms with Crippen molar-refractivity contribution in [2.75, 3.05) is 0 Å². The van der Waals surface area contributed by atoms with E-state index in [9.17, 15) is 33.7 Å². The van der Waals surface area contributed by atoms with Crippen molar-refractivity contribution in [1.29, 1.82) is 0 Å². The van der Waals surface area contributed by atoms with Gasteiger partial charge in [-0.15, -0.1) is 0 Å². The van der Waals surface area contributed by atoms with Gasteiger partial charge < -0.3 is 5.21 Å². The molecule has 1 heterocycles. The number of hydrogen-bond donors (Lipinski definition) is 3. The summed E-state index contributed by atoms with van der Waals surface area (Å²) in [6, 6.07) is 18.0. The molecular formula is C25H19F3N6O4. The van der Waals surface area contributed by atoms with Gasteiger partial charge in [0.15, 0.2) is 17.4 Å². The Morgan fingerprint density at radius 2 is 1.74 bits per heavy atom. The van der Waals surface area contributed by atoms with Crippen LogP contribution in [0, 0.1) is 17.0 Å². The molecule has 0 bridgehead atoms. The average molecular weight is 524 g/mol. The first kappa shape index (κ1) is 26.0. The van der Waals surface area contributed by atoms with Crippen LogP contribution >= 0.6 is 0 Å². The fourth-order valence-corrected chi connectivity index (χ4v) is 3.78. The Labute approximate surface area is 213 Å². The number of nitro benzene ring substituents is 1. The van der Waals surface area contributed by atoms with Crippen molar-refractivity contribution in [1.82, 2.24) is 15.3 Å². The predicted octanol–water partition coefficient (Wildman–Crippen LogP) is 5.66. The number of nitrogens with zero attached hydrogens (tertiary/aromatic N) is 5. The standard InChI is InChI=1S/C25H19F3N6O4/c1-15-21(17-8-5-9-18(14-17)25(26,27)28)24(33(30-15)19-10-12-20(13-11-19)34(37)38)29-23(32-36)22(31-35)16-6-3-2-4-7-16/h2-14,35-36H,1H3,(H,29,32)/b31-22+. The maximum Gasteiger partial charge on any atom is 0.416 e. The van der Waals surface area contributed by atoms with E-state index in [1.165, 1.54) is 41.1 Å². The van der Waals surface area contributed by atoms with Gasteiger partial charge in [0.1, 0.15) is 0 Å². The van der Waals surface area contributed by atoms with Crippen molar-refractivity contribution in [3.63, 3.8) is 0 Å². The SMILES string of the molecule is Cc1nn(-c2ccc([N+](=O)[O-])cc2)c(/N=C(NO)/C(=N/O)c2ccccc2)c1-c1cccc(C(F)(F)F)c1. The lowest BCUT2D eigenvalue weighted by molar-refractivity contribution is -0.384. The molecule has 4 aromatic rings. The van der Waals surface area contributed by atoms with E-state index in [1.54, 1.807) is 37.3 Å². The first-order chi connectivity index (χ1) is 18.1. The summed E-state index contributed by atoms with van der Waals surface area (Å²) in [5.74, 6) is -0.376. The molecule has 3 N–H and O–H groups in total. The van der Waals surface area contributed by atoms with E-state index in [0.717, 1.165) is 12.1 Å². The largest absolute Gasteiger partial charge is 0.416 e. The molecule has 0 amide bonds. The Bertz CT molecular complexity index is 1530. The molecule has 10 nitrogen and oxygen atoms in total. The molecular weight excluding hydrogens is 505 g/mol. The highest BCUT2D eigenvalue weighted by Crippen LogP contribution is 2.39. The van der Waals surface area contributed by atoms with Crippen LogP contribution < -0.4 is 5.48 Å². The minimum atomic E-state index is -4.61. The molecule has 0 aliphatic carbocycles. The Kier molecular flexibility index (Phi) is 7.21. The summed E-state index contributed by atoms with van der Waals surface area (Å²) in [5, 5.41) is 38.3. The fraction of sp³-hybridized carbons (Fsp3) is 0.0800. The molecule has 0 atom stereocenters. The topological polar surface area (TPSA) is 138 Å². The quantitative estimate of drug-likeness (QED) is 0.0978. The van der Waals surface area contributed by atoms with E-state index in [2.05, 4.69) is 15.2 Å².